The number of anilines is 1. The van der Waals surface area contributed by atoms with E-state index in [9.17, 15) is 4.79 Å². The smallest absolute Gasteiger partial charge is 0.150 e. The first-order valence-corrected chi connectivity index (χ1v) is 5.33. The summed E-state index contributed by atoms with van der Waals surface area (Å²) in [5.74, 6) is 0. The molecule has 0 atom stereocenters. The van der Waals surface area contributed by atoms with Crippen LogP contribution in [0.15, 0.2) is 60.6 Å². The second-order valence-corrected chi connectivity index (χ2v) is 3.80. The molecule has 0 fully saturated rings. The Morgan fingerprint density at radius 1 is 1.06 bits per heavy atom. The monoisotopic (exact) mass is 225 g/mol. The summed E-state index contributed by atoms with van der Waals surface area (Å²) in [5.41, 5.74) is 5.93. The van der Waals surface area contributed by atoms with Crippen molar-refractivity contribution in [1.29, 1.82) is 0 Å². The molecule has 0 spiro atoms. The van der Waals surface area contributed by atoms with E-state index in [2.05, 4.69) is 5.53 Å². The Labute approximate surface area is 99.1 Å². The number of hydrogen-bond donors (Lipinski definition) is 1. The number of nitrogens with zero attached hydrogens (tertiary/aromatic N) is 2. The molecule has 1 aromatic carbocycles. The number of hydrazine groups is 2. The second kappa shape index (κ2) is 3.92. The number of carbonyl (C=O) groups excluding carboxylic acids is 1. The number of hydrogen-bond acceptors (Lipinski definition) is 4. The van der Waals surface area contributed by atoms with E-state index in [4.69, 9.17) is 0 Å². The molecule has 3 rings (SSSR count). The first-order valence-electron chi connectivity index (χ1n) is 5.33. The summed E-state index contributed by atoms with van der Waals surface area (Å²) < 4.78 is 0. The van der Waals surface area contributed by atoms with E-state index in [0.717, 1.165) is 17.7 Å². The van der Waals surface area contributed by atoms with Crippen LogP contribution in [0.25, 0.3) is 0 Å². The van der Waals surface area contributed by atoms with Crippen LogP contribution in [0.5, 0.6) is 0 Å². The molecule has 4 nitrogen and oxygen atoms in total. The molecule has 0 saturated carbocycles. The van der Waals surface area contributed by atoms with Crippen LogP contribution < -0.4 is 10.5 Å². The number of benzene rings is 1. The highest BCUT2D eigenvalue weighted by molar-refractivity contribution is 5.75. The van der Waals surface area contributed by atoms with Crippen molar-refractivity contribution in [2.24, 2.45) is 0 Å². The topological polar surface area (TPSA) is 35.6 Å². The van der Waals surface area contributed by atoms with E-state index in [1.54, 1.807) is 12.1 Å². The molecule has 0 aromatic heterocycles. The van der Waals surface area contributed by atoms with Crippen molar-refractivity contribution in [2.75, 3.05) is 5.01 Å². The van der Waals surface area contributed by atoms with Gasteiger partial charge in [-0.2, -0.15) is 0 Å². The van der Waals surface area contributed by atoms with Gasteiger partial charge < -0.3 is 0 Å². The number of fused-ring (bicyclic) bond motifs is 1. The van der Waals surface area contributed by atoms with Crippen molar-refractivity contribution in [3.8, 4) is 0 Å². The summed E-state index contributed by atoms with van der Waals surface area (Å²) in [5, 5.41) is 3.83. The fourth-order valence-electron chi connectivity index (χ4n) is 1.78. The quantitative estimate of drug-likeness (QED) is 0.780. The van der Waals surface area contributed by atoms with Gasteiger partial charge in [0.05, 0.1) is 11.4 Å². The van der Waals surface area contributed by atoms with E-state index in [-0.39, 0.29) is 0 Å². The van der Waals surface area contributed by atoms with Gasteiger partial charge in [0.2, 0.25) is 0 Å². The Kier molecular flexibility index (Phi) is 2.27. The SMILES string of the molecule is O=Cc1ccc(N2C=C3C=CC=CN3N2)cc1. The minimum atomic E-state index is 0.679. The summed E-state index contributed by atoms with van der Waals surface area (Å²) in [6.45, 7) is 0. The van der Waals surface area contributed by atoms with Gasteiger partial charge in [0.25, 0.3) is 0 Å². The molecular weight excluding hydrogens is 214 g/mol. The zero-order valence-electron chi connectivity index (χ0n) is 9.08. The van der Waals surface area contributed by atoms with Crippen molar-refractivity contribution in [3.05, 3.63) is 66.2 Å². The summed E-state index contributed by atoms with van der Waals surface area (Å²) in [7, 11) is 0. The third-order valence-electron chi connectivity index (χ3n) is 2.68. The third-order valence-corrected chi connectivity index (χ3v) is 2.68. The van der Waals surface area contributed by atoms with Crippen molar-refractivity contribution < 1.29 is 4.79 Å². The Hall–Kier alpha value is -2.33. The van der Waals surface area contributed by atoms with Crippen LogP contribution in [0.3, 0.4) is 0 Å². The molecule has 4 heteroatoms. The van der Waals surface area contributed by atoms with Crippen LogP contribution in [0.4, 0.5) is 5.69 Å². The second-order valence-electron chi connectivity index (χ2n) is 3.80. The zero-order valence-corrected chi connectivity index (χ0v) is 9.08. The Balaban J connectivity index is 1.86. The molecule has 17 heavy (non-hydrogen) atoms. The average Bonchev–Trinajstić information content (AvgIpc) is 2.82. The van der Waals surface area contributed by atoms with E-state index >= 15 is 0 Å². The molecule has 0 unspecified atom stereocenters. The maximum absolute atomic E-state index is 10.6. The van der Waals surface area contributed by atoms with E-state index in [1.807, 2.05) is 52.8 Å². The maximum atomic E-state index is 10.6. The summed E-state index contributed by atoms with van der Waals surface area (Å²) in [6, 6.07) is 7.40. The number of nitrogens with one attached hydrogen (secondary N) is 1. The molecule has 0 bridgehead atoms. The standard InChI is InChI=1S/C13H11N3O/c17-10-11-4-6-12(7-5-11)16-9-13-3-1-2-8-15(13)14-16/h1-10,14H. The highest BCUT2D eigenvalue weighted by Gasteiger charge is 2.18. The highest BCUT2D eigenvalue weighted by Crippen LogP contribution is 2.22. The number of aldehydes is 1. The molecule has 0 saturated heterocycles. The molecule has 1 N–H and O–H groups in total. The fourth-order valence-corrected chi connectivity index (χ4v) is 1.78. The molecule has 0 aliphatic carbocycles. The van der Waals surface area contributed by atoms with Gasteiger partial charge in [-0.25, -0.2) is 0 Å². The third kappa shape index (κ3) is 1.74. The van der Waals surface area contributed by atoms with Crippen molar-refractivity contribution in [3.63, 3.8) is 0 Å². The number of carbonyl (C=O) groups is 1. The molecule has 0 amide bonds. The van der Waals surface area contributed by atoms with Gasteiger partial charge in [0, 0.05) is 18.0 Å². The first kappa shape index (κ1) is 9.86. The van der Waals surface area contributed by atoms with E-state index < -0.39 is 0 Å². The van der Waals surface area contributed by atoms with Crippen molar-refractivity contribution in [1.82, 2.24) is 10.5 Å². The lowest BCUT2D eigenvalue weighted by Gasteiger charge is -2.21. The molecule has 2 aliphatic rings. The van der Waals surface area contributed by atoms with E-state index in [1.165, 1.54) is 0 Å². The number of rotatable bonds is 2. The van der Waals surface area contributed by atoms with Crippen LogP contribution >= 0.6 is 0 Å². The molecule has 0 radical (unpaired) electrons. The summed E-state index contributed by atoms with van der Waals surface area (Å²) >= 11 is 0. The van der Waals surface area contributed by atoms with Gasteiger partial charge in [0.15, 0.2) is 0 Å². The summed E-state index contributed by atoms with van der Waals surface area (Å²) in [6.07, 6.45) is 10.8. The highest BCUT2D eigenvalue weighted by atomic mass is 16.1. The Bertz CT molecular complexity index is 528. The normalized spacial score (nSPS) is 17.1. The summed E-state index contributed by atoms with van der Waals surface area (Å²) in [4.78, 5) is 10.6. The first-order chi connectivity index (χ1) is 8.36. The van der Waals surface area contributed by atoms with E-state index in [0.29, 0.717) is 5.56 Å². The van der Waals surface area contributed by atoms with Gasteiger partial charge in [-0.3, -0.25) is 14.8 Å². The Morgan fingerprint density at radius 3 is 2.59 bits per heavy atom. The van der Waals surface area contributed by atoms with Crippen LogP contribution in [0, 0.1) is 0 Å². The van der Waals surface area contributed by atoms with Crippen LogP contribution in [0.1, 0.15) is 10.4 Å². The van der Waals surface area contributed by atoms with Gasteiger partial charge in [-0.1, -0.05) is 6.08 Å². The Morgan fingerprint density at radius 2 is 1.88 bits per heavy atom. The van der Waals surface area contributed by atoms with Crippen molar-refractivity contribution in [2.45, 2.75) is 0 Å². The lowest BCUT2D eigenvalue weighted by atomic mass is 10.2. The average molecular weight is 225 g/mol. The molecule has 2 heterocycles. The van der Waals surface area contributed by atoms with Crippen LogP contribution in [-0.4, -0.2) is 11.3 Å². The molecule has 84 valence electrons. The van der Waals surface area contributed by atoms with Gasteiger partial charge >= 0.3 is 0 Å². The fraction of sp³-hybridized carbons (Fsp3) is 0. The lowest BCUT2D eigenvalue weighted by Crippen LogP contribution is -2.37. The van der Waals surface area contributed by atoms with Gasteiger partial charge in [-0.15, -0.1) is 5.53 Å². The van der Waals surface area contributed by atoms with Gasteiger partial charge in [-0.05, 0) is 36.4 Å². The maximum Gasteiger partial charge on any atom is 0.150 e. The van der Waals surface area contributed by atoms with Crippen LogP contribution in [-0.2, 0) is 0 Å². The predicted octanol–water partition coefficient (Wildman–Crippen LogP) is 1.97. The van der Waals surface area contributed by atoms with Crippen LogP contribution in [0.2, 0.25) is 0 Å². The lowest BCUT2D eigenvalue weighted by molar-refractivity contribution is 0.112. The molecule has 1 aromatic rings. The zero-order chi connectivity index (χ0) is 11.7. The largest absolute Gasteiger partial charge is 0.298 e. The van der Waals surface area contributed by atoms with Gasteiger partial charge in [0.1, 0.15) is 6.29 Å². The minimum absolute atomic E-state index is 0.679. The molecular formula is C13H11N3O. The molecule has 2 aliphatic heterocycles. The predicted molar refractivity (Wildman–Crippen MR) is 65.6 cm³/mol. The number of allylic oxidation sites excluding steroid dienone is 3. The van der Waals surface area contributed by atoms with Crippen molar-refractivity contribution >= 4 is 12.0 Å². The minimum Gasteiger partial charge on any atom is -0.298 e.